The Morgan fingerprint density at radius 1 is 1.00 bits per heavy atom. The molecule has 2 aromatic rings. The van der Waals surface area contributed by atoms with Crippen molar-refractivity contribution in [2.45, 2.75) is 39.0 Å². The average molecular weight is 291 g/mol. The molecule has 0 nitrogen and oxygen atoms in total. The summed E-state index contributed by atoms with van der Waals surface area (Å²) in [6.07, 6.45) is 1.90. The van der Waals surface area contributed by atoms with E-state index in [-0.39, 0.29) is 11.2 Å². The molecule has 0 aliphatic carbocycles. The Bertz CT molecular complexity index is 604. The van der Waals surface area contributed by atoms with Crippen LogP contribution in [0.25, 0.3) is 0 Å². The normalized spacial score (nSPS) is 12.4. The van der Waals surface area contributed by atoms with E-state index in [1.165, 1.54) is 17.2 Å². The summed E-state index contributed by atoms with van der Waals surface area (Å²) in [5.74, 6) is -0.235. The smallest absolute Gasteiger partial charge is 0.123 e. The largest absolute Gasteiger partial charge is 0.207 e. The van der Waals surface area contributed by atoms with Gasteiger partial charge in [0.25, 0.3) is 0 Å². The lowest BCUT2D eigenvalue weighted by Gasteiger charge is -2.18. The Labute approximate surface area is 125 Å². The van der Waals surface area contributed by atoms with Crippen LogP contribution in [0.15, 0.2) is 36.4 Å². The molecule has 0 aromatic heterocycles. The quantitative estimate of drug-likeness (QED) is 0.644. The number of hydrogen-bond acceptors (Lipinski definition) is 0. The second-order valence-electron chi connectivity index (χ2n) is 5.10. The van der Waals surface area contributed by atoms with Crippen LogP contribution in [0.1, 0.15) is 47.0 Å². The highest BCUT2D eigenvalue weighted by atomic mass is 35.5. The number of rotatable bonds is 4. The first-order valence-corrected chi connectivity index (χ1v) is 7.52. The van der Waals surface area contributed by atoms with Crippen LogP contribution in [0.2, 0.25) is 0 Å². The summed E-state index contributed by atoms with van der Waals surface area (Å²) in [5.41, 5.74) is 5.47. The third-order valence-electron chi connectivity index (χ3n) is 3.79. The van der Waals surface area contributed by atoms with Gasteiger partial charge < -0.3 is 0 Å². The summed E-state index contributed by atoms with van der Waals surface area (Å²) < 4.78 is 13.5. The predicted molar refractivity (Wildman–Crippen MR) is 84.0 cm³/mol. The van der Waals surface area contributed by atoms with Crippen molar-refractivity contribution in [3.63, 3.8) is 0 Å². The summed E-state index contributed by atoms with van der Waals surface area (Å²) in [4.78, 5) is 0. The van der Waals surface area contributed by atoms with E-state index in [2.05, 4.69) is 32.0 Å². The molecule has 20 heavy (non-hydrogen) atoms. The van der Waals surface area contributed by atoms with Gasteiger partial charge in [0.1, 0.15) is 5.82 Å². The van der Waals surface area contributed by atoms with E-state index in [4.69, 9.17) is 11.6 Å². The number of hydrogen-bond donors (Lipinski definition) is 0. The molecule has 1 atom stereocenters. The van der Waals surface area contributed by atoms with Crippen molar-refractivity contribution in [1.82, 2.24) is 0 Å². The zero-order valence-electron chi connectivity index (χ0n) is 12.2. The molecule has 2 aromatic carbocycles. The van der Waals surface area contributed by atoms with Crippen LogP contribution >= 0.6 is 11.6 Å². The van der Waals surface area contributed by atoms with Crippen LogP contribution in [-0.4, -0.2) is 0 Å². The zero-order chi connectivity index (χ0) is 14.7. The van der Waals surface area contributed by atoms with Crippen LogP contribution in [0, 0.1) is 12.7 Å². The summed E-state index contributed by atoms with van der Waals surface area (Å²) >= 11 is 6.66. The molecule has 0 bridgehead atoms. The highest BCUT2D eigenvalue weighted by molar-refractivity contribution is 6.22. The Morgan fingerprint density at radius 3 is 2.40 bits per heavy atom. The Hall–Kier alpha value is -1.34. The van der Waals surface area contributed by atoms with Gasteiger partial charge in [0.15, 0.2) is 0 Å². The average Bonchev–Trinajstić information content (AvgIpc) is 2.48. The molecule has 0 aliphatic rings. The van der Waals surface area contributed by atoms with Gasteiger partial charge in [-0.15, -0.1) is 11.6 Å². The minimum absolute atomic E-state index is 0.235. The van der Waals surface area contributed by atoms with Crippen molar-refractivity contribution in [1.29, 1.82) is 0 Å². The van der Waals surface area contributed by atoms with E-state index >= 15 is 0 Å². The van der Waals surface area contributed by atoms with Gasteiger partial charge in [-0.3, -0.25) is 0 Å². The van der Waals surface area contributed by atoms with Gasteiger partial charge in [-0.2, -0.15) is 0 Å². The molecule has 0 N–H and O–H groups in total. The summed E-state index contributed by atoms with van der Waals surface area (Å²) in [7, 11) is 0. The standard InChI is InChI=1S/C18H20ClF/c1-4-13-7-8-14(5-2)17(10-13)18(19)16-11-15(20)9-6-12(16)3/h6-11,18H,4-5H2,1-3H3. The van der Waals surface area contributed by atoms with E-state index < -0.39 is 0 Å². The fraction of sp³-hybridized carbons (Fsp3) is 0.333. The van der Waals surface area contributed by atoms with Crippen LogP contribution in [0.5, 0.6) is 0 Å². The second-order valence-corrected chi connectivity index (χ2v) is 5.54. The summed E-state index contributed by atoms with van der Waals surface area (Å²) in [6, 6.07) is 11.2. The number of benzene rings is 2. The minimum Gasteiger partial charge on any atom is -0.207 e. The Balaban J connectivity index is 2.51. The molecular weight excluding hydrogens is 271 g/mol. The first-order chi connectivity index (χ1) is 9.56. The second kappa shape index (κ2) is 6.41. The maximum Gasteiger partial charge on any atom is 0.123 e. The molecule has 2 heteroatoms. The van der Waals surface area contributed by atoms with E-state index in [1.54, 1.807) is 12.1 Å². The van der Waals surface area contributed by atoms with Crippen molar-refractivity contribution in [2.24, 2.45) is 0 Å². The van der Waals surface area contributed by atoms with Gasteiger partial charge in [0, 0.05) is 0 Å². The summed E-state index contributed by atoms with van der Waals surface area (Å²) in [5, 5.41) is -0.299. The first-order valence-electron chi connectivity index (χ1n) is 7.08. The first kappa shape index (κ1) is 15.1. The van der Waals surface area contributed by atoms with E-state index in [0.29, 0.717) is 0 Å². The van der Waals surface area contributed by atoms with E-state index in [9.17, 15) is 4.39 Å². The fourth-order valence-electron chi connectivity index (χ4n) is 2.47. The molecule has 0 fully saturated rings. The van der Waals surface area contributed by atoms with Crippen molar-refractivity contribution in [3.05, 3.63) is 70.0 Å². The zero-order valence-corrected chi connectivity index (χ0v) is 13.0. The van der Waals surface area contributed by atoms with Crippen LogP contribution in [0.3, 0.4) is 0 Å². The molecular formula is C18H20ClF. The fourth-order valence-corrected chi connectivity index (χ4v) is 2.91. The highest BCUT2D eigenvalue weighted by Gasteiger charge is 2.17. The lowest BCUT2D eigenvalue weighted by Crippen LogP contribution is -2.02. The minimum atomic E-state index is -0.299. The molecule has 0 saturated carbocycles. The van der Waals surface area contributed by atoms with Crippen molar-refractivity contribution in [3.8, 4) is 0 Å². The molecule has 0 spiro atoms. The maximum absolute atomic E-state index is 13.5. The van der Waals surface area contributed by atoms with Crippen LogP contribution in [-0.2, 0) is 12.8 Å². The number of halogens is 2. The third-order valence-corrected chi connectivity index (χ3v) is 4.26. The SMILES string of the molecule is CCc1ccc(CC)c(C(Cl)c2cc(F)ccc2C)c1. The topological polar surface area (TPSA) is 0 Å². The molecule has 0 radical (unpaired) electrons. The molecule has 106 valence electrons. The van der Waals surface area contributed by atoms with Gasteiger partial charge >= 0.3 is 0 Å². The molecule has 1 unspecified atom stereocenters. The van der Waals surface area contributed by atoms with Gasteiger partial charge in [0.2, 0.25) is 0 Å². The van der Waals surface area contributed by atoms with Crippen molar-refractivity contribution < 1.29 is 4.39 Å². The van der Waals surface area contributed by atoms with Gasteiger partial charge in [-0.05, 0) is 59.7 Å². The van der Waals surface area contributed by atoms with E-state index in [1.807, 2.05) is 6.92 Å². The van der Waals surface area contributed by atoms with Crippen LogP contribution < -0.4 is 0 Å². The summed E-state index contributed by atoms with van der Waals surface area (Å²) in [6.45, 7) is 6.22. The lowest BCUT2D eigenvalue weighted by molar-refractivity contribution is 0.625. The predicted octanol–water partition coefficient (Wildman–Crippen LogP) is 5.59. The van der Waals surface area contributed by atoms with Gasteiger partial charge in [-0.25, -0.2) is 4.39 Å². The van der Waals surface area contributed by atoms with Crippen molar-refractivity contribution in [2.75, 3.05) is 0 Å². The monoisotopic (exact) mass is 290 g/mol. The Kier molecular flexibility index (Phi) is 4.82. The van der Waals surface area contributed by atoms with Crippen LogP contribution in [0.4, 0.5) is 4.39 Å². The van der Waals surface area contributed by atoms with Gasteiger partial charge in [-0.1, -0.05) is 38.1 Å². The lowest BCUT2D eigenvalue weighted by atomic mass is 9.93. The van der Waals surface area contributed by atoms with E-state index in [0.717, 1.165) is 29.5 Å². The van der Waals surface area contributed by atoms with Crippen molar-refractivity contribution >= 4 is 11.6 Å². The maximum atomic E-state index is 13.5. The third kappa shape index (κ3) is 3.04. The van der Waals surface area contributed by atoms with Gasteiger partial charge in [0.05, 0.1) is 5.38 Å². The highest BCUT2D eigenvalue weighted by Crippen LogP contribution is 2.34. The number of alkyl halides is 1. The molecule has 0 heterocycles. The molecule has 0 aliphatic heterocycles. The number of aryl methyl sites for hydroxylation is 3. The molecule has 0 saturated heterocycles. The Morgan fingerprint density at radius 2 is 1.75 bits per heavy atom. The molecule has 2 rings (SSSR count). The molecule has 0 amide bonds.